The molecule has 2 aromatic rings. The summed E-state index contributed by atoms with van der Waals surface area (Å²) in [5.74, 6) is 0. The van der Waals surface area contributed by atoms with Crippen molar-refractivity contribution in [2.75, 3.05) is 0 Å². The first-order valence-electron chi connectivity index (χ1n) is 3.37. The van der Waals surface area contributed by atoms with Crippen LogP contribution in [0.25, 0.3) is 10.7 Å². The van der Waals surface area contributed by atoms with Gasteiger partial charge in [-0.15, -0.1) is 10.2 Å². The molecule has 3 nitrogen and oxygen atoms in total. The Balaban J connectivity index is 2.46. The maximum atomic E-state index is 4.33. The van der Waals surface area contributed by atoms with Crippen LogP contribution in [0.3, 0.4) is 0 Å². The van der Waals surface area contributed by atoms with Gasteiger partial charge in [-0.3, -0.25) is 0 Å². The van der Waals surface area contributed by atoms with Crippen LogP contribution in [0, 0.1) is 3.70 Å². The maximum absolute atomic E-state index is 4.33. The molecule has 0 unspecified atom stereocenters. The number of hydrogen-bond donors (Lipinski definition) is 0. The molecular formula is C7H3BrIN3S. The Labute approximate surface area is 101 Å². The van der Waals surface area contributed by atoms with Crippen molar-refractivity contribution in [1.82, 2.24) is 15.2 Å². The minimum Gasteiger partial charge on any atom is -0.239 e. The van der Waals surface area contributed by atoms with E-state index in [1.165, 1.54) is 11.3 Å². The van der Waals surface area contributed by atoms with Gasteiger partial charge >= 0.3 is 0 Å². The molecule has 0 spiro atoms. The average Bonchev–Trinajstić information content (AvgIpc) is 2.52. The number of nitrogens with zero attached hydrogens (tertiary/aromatic N) is 3. The molecule has 0 amide bonds. The maximum Gasteiger partial charge on any atom is 0.183 e. The minimum absolute atomic E-state index is 0.781. The van der Waals surface area contributed by atoms with Gasteiger partial charge in [0.05, 0.1) is 0 Å². The van der Waals surface area contributed by atoms with Crippen LogP contribution in [0.15, 0.2) is 22.1 Å². The quantitative estimate of drug-likeness (QED) is 0.574. The molecule has 0 fully saturated rings. The molecule has 6 heteroatoms. The Morgan fingerprint density at radius 2 is 2.15 bits per heavy atom. The zero-order valence-corrected chi connectivity index (χ0v) is 10.8. The van der Waals surface area contributed by atoms with E-state index in [2.05, 4.69) is 53.7 Å². The molecule has 0 aliphatic rings. The van der Waals surface area contributed by atoms with Gasteiger partial charge in [0, 0.05) is 0 Å². The molecule has 0 bridgehead atoms. The van der Waals surface area contributed by atoms with E-state index in [1.807, 2.05) is 18.2 Å². The Hall–Kier alpha value is -0.0800. The molecule has 0 aromatic carbocycles. The van der Waals surface area contributed by atoms with Gasteiger partial charge in [0.2, 0.25) is 0 Å². The molecule has 0 radical (unpaired) electrons. The highest BCUT2D eigenvalue weighted by Crippen LogP contribution is 2.24. The first kappa shape index (κ1) is 9.47. The summed E-state index contributed by atoms with van der Waals surface area (Å²) in [7, 11) is 0. The van der Waals surface area contributed by atoms with E-state index in [9.17, 15) is 0 Å². The van der Waals surface area contributed by atoms with E-state index in [-0.39, 0.29) is 0 Å². The third-order valence-electron chi connectivity index (χ3n) is 1.33. The normalized spacial score (nSPS) is 10.3. The van der Waals surface area contributed by atoms with Crippen molar-refractivity contribution < 1.29 is 0 Å². The Morgan fingerprint density at radius 1 is 1.31 bits per heavy atom. The second-order valence-corrected chi connectivity index (χ2v) is 5.56. The van der Waals surface area contributed by atoms with Crippen LogP contribution < -0.4 is 0 Å². The lowest BCUT2D eigenvalue weighted by Gasteiger charge is -1.93. The van der Waals surface area contributed by atoms with Gasteiger partial charge in [-0.05, 0) is 50.7 Å². The SMILES string of the molecule is Brc1nnc(-c2cccc(I)n2)s1. The lowest BCUT2D eigenvalue weighted by atomic mass is 10.4. The van der Waals surface area contributed by atoms with Gasteiger partial charge in [0.15, 0.2) is 8.92 Å². The van der Waals surface area contributed by atoms with E-state index >= 15 is 0 Å². The molecule has 0 aliphatic heterocycles. The zero-order valence-electron chi connectivity index (χ0n) is 6.24. The van der Waals surface area contributed by atoms with Gasteiger partial charge in [-0.2, -0.15) is 0 Å². The first-order valence-corrected chi connectivity index (χ1v) is 6.06. The fraction of sp³-hybridized carbons (Fsp3) is 0. The Morgan fingerprint density at radius 3 is 2.77 bits per heavy atom. The van der Waals surface area contributed by atoms with Crippen LogP contribution in [-0.2, 0) is 0 Å². The number of halogens is 2. The molecule has 66 valence electrons. The van der Waals surface area contributed by atoms with Crippen LogP contribution in [0.5, 0.6) is 0 Å². The Kier molecular flexibility index (Phi) is 2.89. The van der Waals surface area contributed by atoms with Crippen molar-refractivity contribution in [3.05, 3.63) is 25.8 Å². The molecule has 2 aromatic heterocycles. The van der Waals surface area contributed by atoms with Gasteiger partial charge in [-0.25, -0.2) is 4.98 Å². The minimum atomic E-state index is 0.781. The summed E-state index contributed by atoms with van der Waals surface area (Å²) in [5, 5.41) is 8.69. The van der Waals surface area contributed by atoms with Gasteiger partial charge < -0.3 is 0 Å². The van der Waals surface area contributed by atoms with Gasteiger partial charge in [0.1, 0.15) is 9.39 Å². The van der Waals surface area contributed by atoms with Crippen LogP contribution in [0.1, 0.15) is 0 Å². The van der Waals surface area contributed by atoms with Crippen molar-refractivity contribution in [2.45, 2.75) is 0 Å². The second-order valence-electron chi connectivity index (χ2n) is 2.21. The van der Waals surface area contributed by atoms with Crippen molar-refractivity contribution in [3.63, 3.8) is 0 Å². The van der Waals surface area contributed by atoms with E-state index in [1.54, 1.807) is 0 Å². The third kappa shape index (κ3) is 2.23. The predicted molar refractivity (Wildman–Crippen MR) is 63.6 cm³/mol. The first-order chi connectivity index (χ1) is 6.25. The van der Waals surface area contributed by atoms with E-state index in [4.69, 9.17) is 0 Å². The number of aromatic nitrogens is 3. The summed E-state index contributed by atoms with van der Waals surface area (Å²) in [6.07, 6.45) is 0. The standard InChI is InChI=1S/C7H3BrIN3S/c8-7-12-11-6(13-7)4-2-1-3-5(9)10-4/h1-3H. The van der Waals surface area contributed by atoms with Crippen LogP contribution in [0.2, 0.25) is 0 Å². The fourth-order valence-corrected chi connectivity index (χ4v) is 2.38. The zero-order chi connectivity index (χ0) is 9.26. The highest BCUT2D eigenvalue weighted by molar-refractivity contribution is 14.1. The Bertz CT molecular complexity index is 431. The smallest absolute Gasteiger partial charge is 0.183 e. The van der Waals surface area contributed by atoms with Crippen LogP contribution in [0.4, 0.5) is 0 Å². The van der Waals surface area contributed by atoms with Crippen LogP contribution >= 0.6 is 49.9 Å². The molecule has 0 atom stereocenters. The summed E-state index contributed by atoms with van der Waals surface area (Å²) in [5.41, 5.74) is 0.870. The van der Waals surface area contributed by atoms with E-state index < -0.39 is 0 Å². The highest BCUT2D eigenvalue weighted by atomic mass is 127. The summed E-state index contributed by atoms with van der Waals surface area (Å²) in [6.45, 7) is 0. The van der Waals surface area contributed by atoms with Gasteiger partial charge in [-0.1, -0.05) is 17.4 Å². The lowest BCUT2D eigenvalue weighted by molar-refractivity contribution is 1.07. The molecule has 2 heterocycles. The van der Waals surface area contributed by atoms with Crippen molar-refractivity contribution in [3.8, 4) is 10.7 Å². The molecule has 13 heavy (non-hydrogen) atoms. The summed E-state index contributed by atoms with van der Waals surface area (Å²) in [4.78, 5) is 4.33. The predicted octanol–water partition coefficient (Wildman–Crippen LogP) is 2.97. The molecular weight excluding hydrogens is 365 g/mol. The monoisotopic (exact) mass is 367 g/mol. The van der Waals surface area contributed by atoms with E-state index in [0.29, 0.717) is 0 Å². The van der Waals surface area contributed by atoms with E-state index in [0.717, 1.165) is 18.3 Å². The average molecular weight is 368 g/mol. The molecule has 0 saturated carbocycles. The highest BCUT2D eigenvalue weighted by Gasteiger charge is 2.05. The molecule has 0 aliphatic carbocycles. The largest absolute Gasteiger partial charge is 0.239 e. The van der Waals surface area contributed by atoms with Crippen LogP contribution in [-0.4, -0.2) is 15.2 Å². The topological polar surface area (TPSA) is 38.7 Å². The summed E-state index contributed by atoms with van der Waals surface area (Å²) < 4.78 is 1.74. The summed E-state index contributed by atoms with van der Waals surface area (Å²) in [6, 6.07) is 5.83. The van der Waals surface area contributed by atoms with Crippen molar-refractivity contribution in [1.29, 1.82) is 0 Å². The molecule has 0 saturated heterocycles. The molecule has 0 N–H and O–H groups in total. The second kappa shape index (κ2) is 3.97. The van der Waals surface area contributed by atoms with Crippen molar-refractivity contribution >= 4 is 49.9 Å². The number of rotatable bonds is 1. The summed E-state index contributed by atoms with van der Waals surface area (Å²) >= 11 is 6.91. The van der Waals surface area contributed by atoms with Crippen molar-refractivity contribution in [2.24, 2.45) is 0 Å². The lowest BCUT2D eigenvalue weighted by Crippen LogP contribution is -1.84. The number of hydrogen-bond acceptors (Lipinski definition) is 4. The third-order valence-corrected chi connectivity index (χ3v) is 3.31. The molecule has 2 rings (SSSR count). The van der Waals surface area contributed by atoms with Gasteiger partial charge in [0.25, 0.3) is 0 Å². The fourth-order valence-electron chi connectivity index (χ4n) is 0.836. The number of pyridine rings is 1.